The van der Waals surface area contributed by atoms with Gasteiger partial charge in [0.2, 0.25) is 0 Å². The first-order chi connectivity index (χ1) is 47.2. The molecule has 19 heteroatoms. The van der Waals surface area contributed by atoms with Crippen molar-refractivity contribution in [2.24, 2.45) is 17.8 Å². The fraction of sp³-hybridized carbons (Fsp3) is 0.949. The fourth-order valence-electron chi connectivity index (χ4n) is 12.1. The summed E-state index contributed by atoms with van der Waals surface area (Å²) in [5.74, 6) is 0.160. The highest BCUT2D eigenvalue weighted by molar-refractivity contribution is 7.47. The topological polar surface area (TPSA) is 237 Å². The molecule has 582 valence electrons. The minimum absolute atomic E-state index is 0.106. The summed E-state index contributed by atoms with van der Waals surface area (Å²) in [5.41, 5.74) is 0. The smallest absolute Gasteiger partial charge is 0.462 e. The molecule has 0 heterocycles. The van der Waals surface area contributed by atoms with E-state index >= 15 is 0 Å². The number of aliphatic hydroxyl groups excluding tert-OH is 1. The average Bonchev–Trinajstić information content (AvgIpc) is 0.990. The molecule has 0 saturated carbocycles. The largest absolute Gasteiger partial charge is 0.472 e. The maximum Gasteiger partial charge on any atom is 0.472 e. The van der Waals surface area contributed by atoms with Crippen LogP contribution >= 0.6 is 15.6 Å². The lowest BCUT2D eigenvalue weighted by Crippen LogP contribution is -2.30. The van der Waals surface area contributed by atoms with Gasteiger partial charge >= 0.3 is 39.5 Å². The van der Waals surface area contributed by atoms with E-state index in [4.69, 9.17) is 37.0 Å². The normalized spacial score (nSPS) is 14.0. The summed E-state index contributed by atoms with van der Waals surface area (Å²) in [7, 11) is -9.92. The van der Waals surface area contributed by atoms with Gasteiger partial charge in [-0.05, 0) is 43.4 Å². The molecule has 0 aliphatic rings. The van der Waals surface area contributed by atoms with Gasteiger partial charge in [0, 0.05) is 25.7 Å². The molecule has 0 saturated heterocycles. The van der Waals surface area contributed by atoms with Gasteiger partial charge in [-0.25, -0.2) is 9.13 Å². The maximum atomic E-state index is 13.1. The van der Waals surface area contributed by atoms with Crippen molar-refractivity contribution in [3.63, 3.8) is 0 Å². The van der Waals surface area contributed by atoms with Gasteiger partial charge in [0.15, 0.2) is 12.2 Å². The Morgan fingerprint density at radius 1 is 0.276 bits per heavy atom. The van der Waals surface area contributed by atoms with Gasteiger partial charge < -0.3 is 33.8 Å². The summed E-state index contributed by atoms with van der Waals surface area (Å²) in [6, 6.07) is 0. The zero-order chi connectivity index (χ0) is 72.3. The molecule has 0 aliphatic carbocycles. The Morgan fingerprint density at radius 3 is 0.694 bits per heavy atom. The lowest BCUT2D eigenvalue weighted by atomic mass is 10.0. The van der Waals surface area contributed by atoms with E-state index in [9.17, 15) is 43.2 Å². The van der Waals surface area contributed by atoms with Crippen LogP contribution in [0, 0.1) is 17.8 Å². The molecule has 0 fully saturated rings. The summed E-state index contributed by atoms with van der Waals surface area (Å²) in [6.07, 6.45) is 56.9. The predicted molar refractivity (Wildman–Crippen MR) is 400 cm³/mol. The first-order valence-electron chi connectivity index (χ1n) is 40.8. The summed E-state index contributed by atoms with van der Waals surface area (Å²) in [4.78, 5) is 73.0. The number of carbonyl (C=O) groups is 4. The van der Waals surface area contributed by atoms with E-state index in [0.29, 0.717) is 25.7 Å². The van der Waals surface area contributed by atoms with E-state index in [-0.39, 0.29) is 25.7 Å². The van der Waals surface area contributed by atoms with E-state index in [1.54, 1.807) is 0 Å². The number of hydrogen-bond acceptors (Lipinski definition) is 15. The van der Waals surface area contributed by atoms with Crippen LogP contribution in [0.15, 0.2) is 0 Å². The van der Waals surface area contributed by atoms with E-state index in [1.807, 2.05) is 0 Å². The molecular formula is C79H154O17P2. The van der Waals surface area contributed by atoms with Crippen LogP contribution < -0.4 is 0 Å². The Bertz CT molecular complexity index is 1900. The lowest BCUT2D eigenvalue weighted by molar-refractivity contribution is -0.161. The molecule has 17 nitrogen and oxygen atoms in total. The SMILES string of the molecule is CCCCCCCCCCCCCCCCCCCCC(=O)O[C@H](COC(=O)CCCCCCCCCCCCCCC(C)C)COP(=O)(O)OC[C@@H](O)COP(=O)(O)OC[C@@H](COC(=O)CCCCCCCCCCC(C)C)OC(=O)CCCCCCCCCCCCCC(C)C. The minimum atomic E-state index is -4.96. The molecule has 0 rings (SSSR count). The van der Waals surface area contributed by atoms with Crippen LogP contribution in [0.1, 0.15) is 408 Å². The Kier molecular flexibility index (Phi) is 68.1. The third-order valence-corrected chi connectivity index (χ3v) is 20.3. The standard InChI is InChI=1S/C79H154O17P2/c1-8-9-10-11-12-13-14-15-16-17-18-19-20-27-32-41-48-55-62-78(83)95-74(66-89-76(81)60-53-46-39-31-26-22-21-24-29-36-43-50-57-70(2)3)68-93-97(85,86)91-64-73(80)65-92-98(87,88)94-69-75(67-90-77(82)61-54-47-40-35-34-38-45-52-59-72(6)7)96-79(84)63-56-49-42-33-28-23-25-30-37-44-51-58-71(4)5/h70-75,80H,8-69H2,1-7H3,(H,85,86)(H,87,88)/t73-,74-,75-/m1/s1. The number of hydrogen-bond donors (Lipinski definition) is 3. The van der Waals surface area contributed by atoms with Crippen molar-refractivity contribution >= 4 is 39.5 Å². The summed E-state index contributed by atoms with van der Waals surface area (Å²) in [5, 5.41) is 10.6. The predicted octanol–water partition coefficient (Wildman–Crippen LogP) is 23.4. The fourth-order valence-corrected chi connectivity index (χ4v) is 13.7. The number of aliphatic hydroxyl groups is 1. The van der Waals surface area contributed by atoms with E-state index < -0.39 is 97.5 Å². The Labute approximate surface area is 600 Å². The summed E-state index contributed by atoms with van der Waals surface area (Å²) < 4.78 is 68.7. The third-order valence-electron chi connectivity index (χ3n) is 18.4. The number of carbonyl (C=O) groups excluding carboxylic acids is 4. The minimum Gasteiger partial charge on any atom is -0.462 e. The Morgan fingerprint density at radius 2 is 0.469 bits per heavy atom. The molecule has 0 amide bonds. The molecule has 5 atom stereocenters. The zero-order valence-corrected chi connectivity index (χ0v) is 66.0. The first-order valence-corrected chi connectivity index (χ1v) is 43.8. The van der Waals surface area contributed by atoms with E-state index in [1.165, 1.54) is 218 Å². The van der Waals surface area contributed by atoms with E-state index in [2.05, 4.69) is 48.5 Å². The molecule has 3 N–H and O–H groups in total. The van der Waals surface area contributed by atoms with Gasteiger partial charge in [-0.2, -0.15) is 0 Å². The van der Waals surface area contributed by atoms with Crippen LogP contribution in [0.3, 0.4) is 0 Å². The molecular weight excluding hydrogens is 1280 g/mol. The van der Waals surface area contributed by atoms with Gasteiger partial charge in [-0.3, -0.25) is 37.3 Å². The molecule has 0 aromatic rings. The van der Waals surface area contributed by atoms with Gasteiger partial charge in [0.25, 0.3) is 0 Å². The average molecular weight is 1440 g/mol. The number of rotatable bonds is 77. The molecule has 2 unspecified atom stereocenters. The molecule has 0 bridgehead atoms. The molecule has 0 aromatic heterocycles. The van der Waals surface area contributed by atoms with E-state index in [0.717, 1.165) is 108 Å². The van der Waals surface area contributed by atoms with Crippen molar-refractivity contribution in [3.8, 4) is 0 Å². The molecule has 98 heavy (non-hydrogen) atoms. The second kappa shape index (κ2) is 69.4. The van der Waals surface area contributed by atoms with Gasteiger partial charge in [0.1, 0.15) is 19.3 Å². The molecule has 0 radical (unpaired) electrons. The third kappa shape index (κ3) is 72.4. The number of phosphoric acid groups is 2. The maximum absolute atomic E-state index is 13.1. The zero-order valence-electron chi connectivity index (χ0n) is 64.3. The van der Waals surface area contributed by atoms with Gasteiger partial charge in [-0.1, -0.05) is 357 Å². The van der Waals surface area contributed by atoms with Crippen molar-refractivity contribution in [1.82, 2.24) is 0 Å². The van der Waals surface area contributed by atoms with Crippen molar-refractivity contribution < 1.29 is 80.2 Å². The quantitative estimate of drug-likeness (QED) is 0.0222. The number of unbranched alkanes of at least 4 members (excludes halogenated alkanes) is 45. The highest BCUT2D eigenvalue weighted by atomic mass is 31.2. The van der Waals surface area contributed by atoms with Gasteiger partial charge in [-0.15, -0.1) is 0 Å². The molecule has 0 aliphatic heterocycles. The molecule has 0 spiro atoms. The highest BCUT2D eigenvalue weighted by Crippen LogP contribution is 2.45. The lowest BCUT2D eigenvalue weighted by Gasteiger charge is -2.21. The monoisotopic (exact) mass is 1440 g/mol. The van der Waals surface area contributed by atoms with Crippen LogP contribution in [0.25, 0.3) is 0 Å². The van der Waals surface area contributed by atoms with Crippen LogP contribution in [0.4, 0.5) is 0 Å². The Hall–Kier alpha value is -1.94. The number of ether oxygens (including phenoxy) is 4. The van der Waals surface area contributed by atoms with Crippen LogP contribution in [0.5, 0.6) is 0 Å². The van der Waals surface area contributed by atoms with Crippen LogP contribution in [0.2, 0.25) is 0 Å². The second-order valence-electron chi connectivity index (χ2n) is 29.9. The van der Waals surface area contributed by atoms with Crippen molar-refractivity contribution in [1.29, 1.82) is 0 Å². The van der Waals surface area contributed by atoms with Crippen molar-refractivity contribution in [3.05, 3.63) is 0 Å². The van der Waals surface area contributed by atoms with Crippen LogP contribution in [-0.2, 0) is 65.4 Å². The Balaban J connectivity index is 5.26. The van der Waals surface area contributed by atoms with Crippen LogP contribution in [-0.4, -0.2) is 96.7 Å². The summed E-state index contributed by atoms with van der Waals surface area (Å²) >= 11 is 0. The van der Waals surface area contributed by atoms with Crippen molar-refractivity contribution in [2.45, 2.75) is 426 Å². The summed E-state index contributed by atoms with van der Waals surface area (Å²) in [6.45, 7) is 11.9. The van der Waals surface area contributed by atoms with Crippen molar-refractivity contribution in [2.75, 3.05) is 39.6 Å². The highest BCUT2D eigenvalue weighted by Gasteiger charge is 2.30. The molecule has 0 aromatic carbocycles. The number of phosphoric ester groups is 2. The van der Waals surface area contributed by atoms with Gasteiger partial charge in [0.05, 0.1) is 26.4 Å². The first kappa shape index (κ1) is 96.1. The number of esters is 4. The second-order valence-corrected chi connectivity index (χ2v) is 32.8.